The van der Waals surface area contributed by atoms with Gasteiger partial charge in [-0.15, -0.1) is 0 Å². The minimum absolute atomic E-state index is 0.266. The van der Waals surface area contributed by atoms with Gasteiger partial charge in [-0.2, -0.15) is 4.98 Å². The van der Waals surface area contributed by atoms with Crippen molar-refractivity contribution in [3.8, 4) is 0 Å². The summed E-state index contributed by atoms with van der Waals surface area (Å²) >= 11 is 0. The highest BCUT2D eigenvalue weighted by Crippen LogP contribution is 2.39. The minimum atomic E-state index is -2.86. The van der Waals surface area contributed by atoms with E-state index in [9.17, 15) is 8.42 Å². The largest absolute Gasteiger partial charge is 0.339 e. The Hall–Kier alpha value is -0.950. The molecule has 1 saturated carbocycles. The summed E-state index contributed by atoms with van der Waals surface area (Å²) in [6, 6.07) is 0. The number of sulfone groups is 1. The Balaban J connectivity index is 1.52. The maximum atomic E-state index is 11.2. The van der Waals surface area contributed by atoms with Crippen molar-refractivity contribution in [1.29, 1.82) is 0 Å². The number of rotatable bonds is 6. The molecule has 2 fully saturated rings. The molecule has 2 aliphatic rings. The second-order valence-corrected chi connectivity index (χ2v) is 8.65. The van der Waals surface area contributed by atoms with Gasteiger partial charge in [-0.1, -0.05) is 5.16 Å². The molecule has 1 aromatic rings. The predicted octanol–water partition coefficient (Wildman–Crippen LogP) is 1.56. The average Bonchev–Trinajstić information content (AvgIpc) is 3.15. The van der Waals surface area contributed by atoms with Crippen LogP contribution in [0.25, 0.3) is 0 Å². The van der Waals surface area contributed by atoms with E-state index in [4.69, 9.17) is 4.52 Å². The van der Waals surface area contributed by atoms with Crippen molar-refractivity contribution in [2.24, 2.45) is 0 Å². The Bertz CT molecular complexity index is 580. The Labute approximate surface area is 125 Å². The average molecular weight is 313 g/mol. The SMILES string of the molecule is CS(=O)(=O)CCCN1CCCC(c2noc(C3CC3)n2)C1. The zero-order valence-corrected chi connectivity index (χ0v) is 13.3. The van der Waals surface area contributed by atoms with E-state index in [-0.39, 0.29) is 5.75 Å². The third-order valence-electron chi connectivity index (χ3n) is 4.24. The van der Waals surface area contributed by atoms with Crippen LogP contribution < -0.4 is 0 Å². The number of nitrogens with zero attached hydrogens (tertiary/aromatic N) is 3. The number of hydrogen-bond donors (Lipinski definition) is 0. The van der Waals surface area contributed by atoms with Gasteiger partial charge in [-0.3, -0.25) is 0 Å². The van der Waals surface area contributed by atoms with Crippen LogP contribution in [-0.2, 0) is 9.84 Å². The van der Waals surface area contributed by atoms with Crippen LogP contribution >= 0.6 is 0 Å². The zero-order chi connectivity index (χ0) is 14.9. The lowest BCUT2D eigenvalue weighted by Gasteiger charge is -2.31. The van der Waals surface area contributed by atoms with Crippen molar-refractivity contribution in [3.05, 3.63) is 11.7 Å². The van der Waals surface area contributed by atoms with E-state index < -0.39 is 9.84 Å². The smallest absolute Gasteiger partial charge is 0.229 e. The molecular weight excluding hydrogens is 290 g/mol. The molecule has 1 saturated heterocycles. The number of piperidine rings is 1. The normalized spacial score (nSPS) is 24.3. The molecule has 1 aliphatic carbocycles. The van der Waals surface area contributed by atoms with Gasteiger partial charge < -0.3 is 9.42 Å². The van der Waals surface area contributed by atoms with E-state index in [0.717, 1.165) is 44.2 Å². The van der Waals surface area contributed by atoms with Gasteiger partial charge in [0.15, 0.2) is 5.82 Å². The lowest BCUT2D eigenvalue weighted by molar-refractivity contribution is 0.203. The van der Waals surface area contributed by atoms with E-state index in [1.54, 1.807) is 0 Å². The van der Waals surface area contributed by atoms with Gasteiger partial charge in [0.2, 0.25) is 5.89 Å². The molecule has 118 valence electrons. The third-order valence-corrected chi connectivity index (χ3v) is 5.27. The van der Waals surface area contributed by atoms with E-state index in [2.05, 4.69) is 15.0 Å². The Morgan fingerprint density at radius 3 is 2.81 bits per heavy atom. The Morgan fingerprint density at radius 1 is 1.29 bits per heavy atom. The van der Waals surface area contributed by atoms with E-state index in [1.165, 1.54) is 19.1 Å². The molecule has 1 aliphatic heterocycles. The quantitative estimate of drug-likeness (QED) is 0.793. The van der Waals surface area contributed by atoms with Gasteiger partial charge in [0, 0.05) is 24.6 Å². The standard InChI is InChI=1S/C14H23N3O3S/c1-21(18,19)9-3-8-17-7-2-4-12(10-17)13-15-14(20-16-13)11-5-6-11/h11-12H,2-10H2,1H3. The van der Waals surface area contributed by atoms with Gasteiger partial charge >= 0.3 is 0 Å². The first-order valence-corrected chi connectivity index (χ1v) is 9.81. The van der Waals surface area contributed by atoms with Crippen molar-refractivity contribution < 1.29 is 12.9 Å². The van der Waals surface area contributed by atoms with Crippen molar-refractivity contribution in [2.75, 3.05) is 31.6 Å². The molecule has 1 unspecified atom stereocenters. The summed E-state index contributed by atoms with van der Waals surface area (Å²) < 4.78 is 27.7. The van der Waals surface area contributed by atoms with Crippen LogP contribution in [0.4, 0.5) is 0 Å². The summed E-state index contributed by atoms with van der Waals surface area (Å²) in [6.45, 7) is 2.78. The summed E-state index contributed by atoms with van der Waals surface area (Å²) in [5, 5.41) is 4.15. The highest BCUT2D eigenvalue weighted by Gasteiger charge is 2.32. The monoisotopic (exact) mass is 313 g/mol. The first kappa shape index (κ1) is 15.0. The Morgan fingerprint density at radius 2 is 2.10 bits per heavy atom. The van der Waals surface area contributed by atoms with E-state index in [1.807, 2.05) is 0 Å². The summed E-state index contributed by atoms with van der Waals surface area (Å²) in [7, 11) is -2.86. The second kappa shape index (κ2) is 6.04. The van der Waals surface area contributed by atoms with Gasteiger partial charge in [0.25, 0.3) is 0 Å². The summed E-state index contributed by atoms with van der Waals surface area (Å²) in [6.07, 6.45) is 6.53. The highest BCUT2D eigenvalue weighted by atomic mass is 32.2. The molecule has 0 radical (unpaired) electrons. The molecule has 21 heavy (non-hydrogen) atoms. The molecule has 1 atom stereocenters. The van der Waals surface area contributed by atoms with Gasteiger partial charge in [0.1, 0.15) is 9.84 Å². The van der Waals surface area contributed by atoms with Gasteiger partial charge in [-0.25, -0.2) is 8.42 Å². The van der Waals surface area contributed by atoms with Crippen LogP contribution in [0.2, 0.25) is 0 Å². The molecule has 0 amide bonds. The number of aromatic nitrogens is 2. The minimum Gasteiger partial charge on any atom is -0.339 e. The summed E-state index contributed by atoms with van der Waals surface area (Å²) in [5.41, 5.74) is 0. The molecular formula is C14H23N3O3S. The molecule has 0 bridgehead atoms. The molecule has 1 aromatic heterocycles. The maximum Gasteiger partial charge on any atom is 0.229 e. The molecule has 2 heterocycles. The van der Waals surface area contributed by atoms with Crippen molar-refractivity contribution in [1.82, 2.24) is 15.0 Å². The molecule has 0 aromatic carbocycles. The predicted molar refractivity (Wildman–Crippen MR) is 79.0 cm³/mol. The fourth-order valence-corrected chi connectivity index (χ4v) is 3.58. The van der Waals surface area contributed by atoms with Crippen LogP contribution in [0.3, 0.4) is 0 Å². The van der Waals surface area contributed by atoms with E-state index >= 15 is 0 Å². The van der Waals surface area contributed by atoms with Crippen molar-refractivity contribution in [3.63, 3.8) is 0 Å². The van der Waals surface area contributed by atoms with Crippen LogP contribution in [0, 0.1) is 0 Å². The molecule has 7 heteroatoms. The fourth-order valence-electron chi connectivity index (χ4n) is 2.93. The first-order chi connectivity index (χ1) is 10.0. The molecule has 3 rings (SSSR count). The van der Waals surface area contributed by atoms with Gasteiger partial charge in [0.05, 0.1) is 5.75 Å². The third kappa shape index (κ3) is 4.26. The topological polar surface area (TPSA) is 76.3 Å². The molecule has 0 N–H and O–H groups in total. The number of hydrogen-bond acceptors (Lipinski definition) is 6. The van der Waals surface area contributed by atoms with Crippen molar-refractivity contribution >= 4 is 9.84 Å². The Kier molecular flexibility index (Phi) is 4.31. The lowest BCUT2D eigenvalue weighted by atomic mass is 9.97. The summed E-state index contributed by atoms with van der Waals surface area (Å²) in [5.74, 6) is 2.74. The fraction of sp³-hybridized carbons (Fsp3) is 0.857. The lowest BCUT2D eigenvalue weighted by Crippen LogP contribution is -2.36. The summed E-state index contributed by atoms with van der Waals surface area (Å²) in [4.78, 5) is 6.88. The van der Waals surface area contributed by atoms with Crippen LogP contribution in [-0.4, -0.2) is 55.1 Å². The van der Waals surface area contributed by atoms with Crippen molar-refractivity contribution in [2.45, 2.75) is 43.9 Å². The maximum absolute atomic E-state index is 11.2. The van der Waals surface area contributed by atoms with Crippen LogP contribution in [0.1, 0.15) is 55.7 Å². The highest BCUT2D eigenvalue weighted by molar-refractivity contribution is 7.90. The first-order valence-electron chi connectivity index (χ1n) is 7.75. The van der Waals surface area contributed by atoms with Crippen LogP contribution in [0.5, 0.6) is 0 Å². The molecule has 6 nitrogen and oxygen atoms in total. The number of likely N-dealkylation sites (tertiary alicyclic amines) is 1. The van der Waals surface area contributed by atoms with E-state index in [0.29, 0.717) is 18.3 Å². The van der Waals surface area contributed by atoms with Crippen LogP contribution in [0.15, 0.2) is 4.52 Å². The van der Waals surface area contributed by atoms with Gasteiger partial charge in [-0.05, 0) is 45.2 Å². The zero-order valence-electron chi connectivity index (χ0n) is 12.5. The molecule has 0 spiro atoms. The second-order valence-electron chi connectivity index (χ2n) is 6.39.